The molecule has 2 aromatic carbocycles. The van der Waals surface area contributed by atoms with E-state index in [0.29, 0.717) is 12.2 Å². The molecule has 0 saturated heterocycles. The quantitative estimate of drug-likeness (QED) is 0.880. The van der Waals surface area contributed by atoms with E-state index in [9.17, 15) is 4.79 Å². The summed E-state index contributed by atoms with van der Waals surface area (Å²) in [6.45, 7) is 0.344. The molecule has 0 radical (unpaired) electrons. The summed E-state index contributed by atoms with van der Waals surface area (Å²) in [4.78, 5) is 17.0. The molecule has 0 aliphatic carbocycles. The third-order valence-corrected chi connectivity index (χ3v) is 3.06. The topological polar surface area (TPSA) is 38.3 Å². The lowest BCUT2D eigenvalue weighted by molar-refractivity contribution is 0.0233. The predicted octanol–water partition coefficient (Wildman–Crippen LogP) is 3.31. The molecule has 0 spiro atoms. The molecule has 2 aromatic rings. The zero-order valence-corrected chi connectivity index (χ0v) is 11.2. The van der Waals surface area contributed by atoms with E-state index in [4.69, 9.17) is 4.84 Å². The van der Waals surface area contributed by atoms with Crippen LogP contribution in [0.25, 0.3) is 0 Å². The summed E-state index contributed by atoms with van der Waals surface area (Å²) in [7, 11) is 0. The van der Waals surface area contributed by atoms with Crippen molar-refractivity contribution in [2.45, 2.75) is 6.61 Å². The summed E-state index contributed by atoms with van der Waals surface area (Å²) in [6, 6.07) is 16.8. The average Bonchev–Trinajstić information content (AvgIpc) is 2.40. The van der Waals surface area contributed by atoms with Crippen molar-refractivity contribution in [3.63, 3.8) is 0 Å². The number of amides is 1. The highest BCUT2D eigenvalue weighted by Gasteiger charge is 2.08. The van der Waals surface area contributed by atoms with Crippen molar-refractivity contribution in [1.29, 1.82) is 0 Å². The lowest BCUT2D eigenvalue weighted by Crippen LogP contribution is -2.23. The Morgan fingerprint density at radius 2 is 1.72 bits per heavy atom. The summed E-state index contributed by atoms with van der Waals surface area (Å²) in [5.41, 5.74) is 3.97. The van der Waals surface area contributed by atoms with E-state index in [1.165, 1.54) is 0 Å². The van der Waals surface area contributed by atoms with Crippen molar-refractivity contribution in [2.24, 2.45) is 0 Å². The molecule has 92 valence electrons. The molecular weight excluding hydrogens is 294 g/mol. The number of benzene rings is 2. The van der Waals surface area contributed by atoms with E-state index in [1.54, 1.807) is 12.1 Å². The molecule has 0 saturated carbocycles. The van der Waals surface area contributed by atoms with Gasteiger partial charge in [-0.2, -0.15) is 0 Å². The minimum atomic E-state index is -0.265. The van der Waals surface area contributed by atoms with E-state index in [0.717, 1.165) is 10.0 Å². The van der Waals surface area contributed by atoms with Gasteiger partial charge < -0.3 is 0 Å². The first-order valence-corrected chi connectivity index (χ1v) is 6.27. The highest BCUT2D eigenvalue weighted by atomic mass is 79.9. The lowest BCUT2D eigenvalue weighted by atomic mass is 10.2. The average molecular weight is 306 g/mol. The standard InChI is InChI=1S/C14H12BrNO2/c15-13-9-5-4-8-12(13)14(17)16-18-10-11-6-2-1-3-7-11/h1-9H,10H2,(H,16,17). The fraction of sp³-hybridized carbons (Fsp3) is 0.0714. The Bertz CT molecular complexity index is 528. The lowest BCUT2D eigenvalue weighted by Gasteiger charge is -2.07. The van der Waals surface area contributed by atoms with Gasteiger partial charge in [-0.3, -0.25) is 9.63 Å². The van der Waals surface area contributed by atoms with Crippen LogP contribution in [-0.2, 0) is 11.4 Å². The Hall–Kier alpha value is -1.65. The van der Waals surface area contributed by atoms with Crippen molar-refractivity contribution in [3.05, 3.63) is 70.2 Å². The number of rotatable bonds is 4. The molecule has 2 rings (SSSR count). The van der Waals surface area contributed by atoms with Gasteiger partial charge in [0.2, 0.25) is 0 Å². The van der Waals surface area contributed by atoms with Gasteiger partial charge in [-0.25, -0.2) is 5.48 Å². The molecule has 0 bridgehead atoms. The van der Waals surface area contributed by atoms with Gasteiger partial charge in [0.25, 0.3) is 5.91 Å². The van der Waals surface area contributed by atoms with Gasteiger partial charge >= 0.3 is 0 Å². The number of hydrogen-bond acceptors (Lipinski definition) is 2. The Morgan fingerprint density at radius 3 is 2.44 bits per heavy atom. The van der Waals surface area contributed by atoms with Crippen LogP contribution in [0.15, 0.2) is 59.1 Å². The van der Waals surface area contributed by atoms with Crippen LogP contribution in [0.2, 0.25) is 0 Å². The maximum Gasteiger partial charge on any atom is 0.275 e. The van der Waals surface area contributed by atoms with E-state index < -0.39 is 0 Å². The summed E-state index contributed by atoms with van der Waals surface area (Å²) >= 11 is 3.32. The first-order chi connectivity index (χ1) is 8.77. The van der Waals surface area contributed by atoms with Gasteiger partial charge in [0, 0.05) is 4.47 Å². The Balaban J connectivity index is 1.88. The number of carbonyl (C=O) groups excluding carboxylic acids is 1. The van der Waals surface area contributed by atoms with Gasteiger partial charge in [-0.15, -0.1) is 0 Å². The van der Waals surface area contributed by atoms with Gasteiger partial charge in [0.15, 0.2) is 0 Å². The smallest absolute Gasteiger partial charge is 0.269 e. The van der Waals surface area contributed by atoms with Crippen LogP contribution in [0.4, 0.5) is 0 Å². The Kier molecular flexibility index (Phi) is 4.50. The van der Waals surface area contributed by atoms with Crippen LogP contribution in [0.5, 0.6) is 0 Å². The van der Waals surface area contributed by atoms with Crippen LogP contribution >= 0.6 is 15.9 Å². The summed E-state index contributed by atoms with van der Waals surface area (Å²) in [5, 5.41) is 0. The summed E-state index contributed by atoms with van der Waals surface area (Å²) in [6.07, 6.45) is 0. The third kappa shape index (κ3) is 3.42. The molecule has 0 aliphatic heterocycles. The molecule has 4 heteroatoms. The highest BCUT2D eigenvalue weighted by Crippen LogP contribution is 2.15. The van der Waals surface area contributed by atoms with E-state index in [2.05, 4.69) is 21.4 Å². The molecule has 0 atom stereocenters. The monoisotopic (exact) mass is 305 g/mol. The van der Waals surface area contributed by atoms with Crippen LogP contribution in [0, 0.1) is 0 Å². The molecule has 0 aromatic heterocycles. The van der Waals surface area contributed by atoms with E-state index >= 15 is 0 Å². The summed E-state index contributed by atoms with van der Waals surface area (Å²) in [5.74, 6) is -0.265. The van der Waals surface area contributed by atoms with Crippen molar-refractivity contribution in [1.82, 2.24) is 5.48 Å². The number of carbonyl (C=O) groups is 1. The molecular formula is C14H12BrNO2. The van der Waals surface area contributed by atoms with Crippen LogP contribution in [0.1, 0.15) is 15.9 Å². The van der Waals surface area contributed by atoms with Crippen LogP contribution in [-0.4, -0.2) is 5.91 Å². The first-order valence-electron chi connectivity index (χ1n) is 5.48. The van der Waals surface area contributed by atoms with Gasteiger partial charge in [0.1, 0.15) is 0 Å². The van der Waals surface area contributed by atoms with Gasteiger partial charge in [-0.05, 0) is 33.6 Å². The maximum absolute atomic E-state index is 11.8. The second-order valence-corrected chi connectivity index (χ2v) is 4.54. The van der Waals surface area contributed by atoms with E-state index in [1.807, 2.05) is 42.5 Å². The third-order valence-electron chi connectivity index (χ3n) is 2.37. The Labute approximate surface area is 114 Å². The molecule has 1 N–H and O–H groups in total. The second kappa shape index (κ2) is 6.33. The predicted molar refractivity (Wildman–Crippen MR) is 72.8 cm³/mol. The molecule has 0 heterocycles. The molecule has 3 nitrogen and oxygen atoms in total. The first kappa shape index (κ1) is 12.8. The van der Waals surface area contributed by atoms with Crippen molar-refractivity contribution < 1.29 is 9.63 Å². The molecule has 1 amide bonds. The number of hydroxylamine groups is 1. The van der Waals surface area contributed by atoms with Crippen LogP contribution < -0.4 is 5.48 Å². The maximum atomic E-state index is 11.8. The number of hydrogen-bond donors (Lipinski definition) is 1. The second-order valence-electron chi connectivity index (χ2n) is 3.69. The molecule has 18 heavy (non-hydrogen) atoms. The van der Waals surface area contributed by atoms with Crippen molar-refractivity contribution in [3.8, 4) is 0 Å². The van der Waals surface area contributed by atoms with E-state index in [-0.39, 0.29) is 5.91 Å². The molecule has 0 fully saturated rings. The van der Waals surface area contributed by atoms with Crippen molar-refractivity contribution >= 4 is 21.8 Å². The van der Waals surface area contributed by atoms with Crippen molar-refractivity contribution in [2.75, 3.05) is 0 Å². The summed E-state index contributed by atoms with van der Waals surface area (Å²) < 4.78 is 0.741. The van der Waals surface area contributed by atoms with Gasteiger partial charge in [-0.1, -0.05) is 42.5 Å². The van der Waals surface area contributed by atoms with Gasteiger partial charge in [0.05, 0.1) is 12.2 Å². The zero-order chi connectivity index (χ0) is 12.8. The van der Waals surface area contributed by atoms with Crippen LogP contribution in [0.3, 0.4) is 0 Å². The Morgan fingerprint density at radius 1 is 1.06 bits per heavy atom. The minimum absolute atomic E-state index is 0.265. The fourth-order valence-electron chi connectivity index (χ4n) is 1.46. The zero-order valence-electron chi connectivity index (χ0n) is 9.60. The highest BCUT2D eigenvalue weighted by molar-refractivity contribution is 9.10. The normalized spacial score (nSPS) is 10.1. The molecule has 0 aliphatic rings. The number of halogens is 1. The SMILES string of the molecule is O=C(NOCc1ccccc1)c1ccccc1Br. The number of nitrogens with one attached hydrogen (secondary N) is 1. The minimum Gasteiger partial charge on any atom is -0.269 e. The molecule has 0 unspecified atom stereocenters. The fourth-order valence-corrected chi connectivity index (χ4v) is 1.92. The largest absolute Gasteiger partial charge is 0.275 e.